The highest BCUT2D eigenvalue weighted by Gasteiger charge is 2.25. The molecule has 0 spiro atoms. The molecular weight excluding hydrogens is 324 g/mol. The van der Waals surface area contributed by atoms with Gasteiger partial charge in [-0.15, -0.1) is 0 Å². The van der Waals surface area contributed by atoms with Crippen molar-refractivity contribution in [2.45, 2.75) is 45.1 Å². The zero-order valence-corrected chi connectivity index (χ0v) is 15.5. The monoisotopic (exact) mass is 348 g/mol. The maximum Gasteiger partial charge on any atom is 0.160 e. The predicted octanol–water partition coefficient (Wildman–Crippen LogP) is 4.55. The first-order chi connectivity index (χ1) is 12.5. The number of pyridine rings is 2. The van der Waals surface area contributed by atoms with E-state index in [2.05, 4.69) is 38.1 Å². The molecule has 2 aromatic heterocycles. The Balaban J connectivity index is 1.80. The minimum atomic E-state index is -0.198. The fourth-order valence-electron chi connectivity index (χ4n) is 4.02. The second-order valence-electron chi connectivity index (χ2n) is 7.30. The molecule has 4 nitrogen and oxygen atoms in total. The normalized spacial score (nSPS) is 19.8. The zero-order chi connectivity index (χ0) is 18.3. The van der Waals surface area contributed by atoms with Gasteiger partial charge in [0, 0.05) is 22.6 Å². The van der Waals surface area contributed by atoms with Crippen molar-refractivity contribution >= 4 is 11.0 Å². The molecule has 0 aliphatic heterocycles. The highest BCUT2D eigenvalue weighted by atomic mass is 16.5. The van der Waals surface area contributed by atoms with Crippen molar-refractivity contribution in [1.82, 2.24) is 9.97 Å². The summed E-state index contributed by atoms with van der Waals surface area (Å²) in [5.41, 5.74) is 5.99. The molecule has 26 heavy (non-hydrogen) atoms. The van der Waals surface area contributed by atoms with E-state index in [0.29, 0.717) is 5.92 Å². The Hall–Kier alpha value is -2.46. The number of hydrogen-bond acceptors (Lipinski definition) is 4. The Morgan fingerprint density at radius 1 is 1.04 bits per heavy atom. The van der Waals surface area contributed by atoms with E-state index in [1.54, 1.807) is 7.11 Å². The van der Waals surface area contributed by atoms with Gasteiger partial charge in [0.1, 0.15) is 5.75 Å². The summed E-state index contributed by atoms with van der Waals surface area (Å²) in [6.45, 7) is 4.15. The number of aliphatic hydroxyl groups is 1. The molecule has 2 unspecified atom stereocenters. The molecule has 0 bridgehead atoms. The molecule has 134 valence electrons. The smallest absolute Gasteiger partial charge is 0.160 e. The SMILES string of the molecule is COc1cc(C)cc(C)c1-c1ccc2ccc(C3CCC(O)C3)nc2n1. The van der Waals surface area contributed by atoms with Gasteiger partial charge < -0.3 is 9.84 Å². The third kappa shape index (κ3) is 3.06. The third-order valence-corrected chi connectivity index (χ3v) is 5.32. The van der Waals surface area contributed by atoms with Gasteiger partial charge in [-0.05, 0) is 74.6 Å². The third-order valence-electron chi connectivity index (χ3n) is 5.32. The van der Waals surface area contributed by atoms with Crippen LogP contribution in [-0.4, -0.2) is 28.3 Å². The van der Waals surface area contributed by atoms with Gasteiger partial charge in [-0.1, -0.05) is 6.07 Å². The quantitative estimate of drug-likeness (QED) is 0.754. The average molecular weight is 348 g/mol. The molecule has 0 radical (unpaired) electrons. The van der Waals surface area contributed by atoms with Crippen LogP contribution in [0.25, 0.3) is 22.3 Å². The van der Waals surface area contributed by atoms with Crippen molar-refractivity contribution < 1.29 is 9.84 Å². The number of aromatic nitrogens is 2. The van der Waals surface area contributed by atoms with Gasteiger partial charge in [0.2, 0.25) is 0 Å². The van der Waals surface area contributed by atoms with Gasteiger partial charge in [0.05, 0.1) is 18.9 Å². The predicted molar refractivity (Wildman–Crippen MR) is 104 cm³/mol. The lowest BCUT2D eigenvalue weighted by Gasteiger charge is -2.14. The largest absolute Gasteiger partial charge is 0.496 e. The number of ether oxygens (including phenoxy) is 1. The highest BCUT2D eigenvalue weighted by molar-refractivity contribution is 5.81. The van der Waals surface area contributed by atoms with Gasteiger partial charge in [0.25, 0.3) is 0 Å². The van der Waals surface area contributed by atoms with Crippen molar-refractivity contribution in [3.63, 3.8) is 0 Å². The Kier molecular flexibility index (Phi) is 4.37. The van der Waals surface area contributed by atoms with Crippen LogP contribution in [0.4, 0.5) is 0 Å². The van der Waals surface area contributed by atoms with Crippen molar-refractivity contribution in [3.8, 4) is 17.0 Å². The number of hydrogen-bond donors (Lipinski definition) is 1. The maximum atomic E-state index is 9.82. The van der Waals surface area contributed by atoms with Crippen LogP contribution >= 0.6 is 0 Å². The first-order valence-electron chi connectivity index (χ1n) is 9.16. The minimum Gasteiger partial charge on any atom is -0.496 e. The van der Waals surface area contributed by atoms with Crippen molar-refractivity contribution in [2.75, 3.05) is 7.11 Å². The van der Waals surface area contributed by atoms with E-state index >= 15 is 0 Å². The lowest BCUT2D eigenvalue weighted by atomic mass is 10.00. The van der Waals surface area contributed by atoms with Crippen molar-refractivity contribution in [3.05, 3.63) is 53.2 Å². The van der Waals surface area contributed by atoms with E-state index < -0.39 is 0 Å². The molecule has 1 fully saturated rings. The number of aryl methyl sites for hydroxylation is 2. The minimum absolute atomic E-state index is 0.198. The highest BCUT2D eigenvalue weighted by Crippen LogP contribution is 2.36. The maximum absolute atomic E-state index is 9.82. The van der Waals surface area contributed by atoms with Crippen LogP contribution in [0.1, 0.15) is 42.0 Å². The molecule has 0 amide bonds. The summed E-state index contributed by atoms with van der Waals surface area (Å²) >= 11 is 0. The average Bonchev–Trinajstić information content (AvgIpc) is 3.06. The number of methoxy groups -OCH3 is 1. The number of benzene rings is 1. The molecule has 3 aromatic rings. The second kappa shape index (κ2) is 6.69. The fraction of sp³-hybridized carbons (Fsp3) is 0.364. The lowest BCUT2D eigenvalue weighted by Crippen LogP contribution is -2.02. The summed E-state index contributed by atoms with van der Waals surface area (Å²) in [6.07, 6.45) is 2.45. The van der Waals surface area contributed by atoms with Gasteiger partial charge >= 0.3 is 0 Å². The van der Waals surface area contributed by atoms with Crippen LogP contribution in [0.2, 0.25) is 0 Å². The molecule has 2 heterocycles. The molecule has 1 N–H and O–H groups in total. The topological polar surface area (TPSA) is 55.2 Å². The summed E-state index contributed by atoms with van der Waals surface area (Å²) in [5.74, 6) is 1.17. The second-order valence-corrected chi connectivity index (χ2v) is 7.30. The number of fused-ring (bicyclic) bond motifs is 1. The van der Waals surface area contributed by atoms with Crippen LogP contribution in [0, 0.1) is 13.8 Å². The first kappa shape index (κ1) is 17.0. The molecule has 4 heteroatoms. The molecule has 1 aliphatic carbocycles. The lowest BCUT2D eigenvalue weighted by molar-refractivity contribution is 0.181. The van der Waals surface area contributed by atoms with Crippen LogP contribution in [0.15, 0.2) is 36.4 Å². The van der Waals surface area contributed by atoms with Gasteiger partial charge in [-0.3, -0.25) is 0 Å². The van der Waals surface area contributed by atoms with E-state index in [1.807, 2.05) is 12.1 Å². The Morgan fingerprint density at radius 2 is 1.85 bits per heavy atom. The van der Waals surface area contributed by atoms with E-state index in [4.69, 9.17) is 14.7 Å². The Bertz CT molecular complexity index is 968. The summed E-state index contributed by atoms with van der Waals surface area (Å²) in [6, 6.07) is 12.4. The van der Waals surface area contributed by atoms with Crippen LogP contribution in [0.3, 0.4) is 0 Å². The van der Waals surface area contributed by atoms with Gasteiger partial charge in [0.15, 0.2) is 5.65 Å². The number of aliphatic hydroxyl groups excluding tert-OH is 1. The number of nitrogens with zero attached hydrogens (tertiary/aromatic N) is 2. The molecule has 1 saturated carbocycles. The fourth-order valence-corrected chi connectivity index (χ4v) is 4.02. The van der Waals surface area contributed by atoms with Crippen molar-refractivity contribution in [2.24, 2.45) is 0 Å². The summed E-state index contributed by atoms with van der Waals surface area (Å²) < 4.78 is 5.60. The molecule has 4 rings (SSSR count). The molecule has 0 saturated heterocycles. The summed E-state index contributed by atoms with van der Waals surface area (Å²) in [4.78, 5) is 9.66. The molecule has 1 aliphatic rings. The van der Waals surface area contributed by atoms with Gasteiger partial charge in [-0.2, -0.15) is 0 Å². The summed E-state index contributed by atoms with van der Waals surface area (Å²) in [7, 11) is 1.69. The Labute approximate surface area is 153 Å². The van der Waals surface area contributed by atoms with E-state index in [9.17, 15) is 5.11 Å². The zero-order valence-electron chi connectivity index (χ0n) is 15.5. The Morgan fingerprint density at radius 3 is 2.58 bits per heavy atom. The molecule has 2 atom stereocenters. The van der Waals surface area contributed by atoms with Crippen LogP contribution in [0.5, 0.6) is 5.75 Å². The summed E-state index contributed by atoms with van der Waals surface area (Å²) in [5, 5.41) is 10.8. The van der Waals surface area contributed by atoms with Crippen molar-refractivity contribution in [1.29, 1.82) is 0 Å². The van der Waals surface area contributed by atoms with E-state index in [-0.39, 0.29) is 6.10 Å². The molecule has 1 aromatic carbocycles. The van der Waals surface area contributed by atoms with E-state index in [0.717, 1.165) is 58.6 Å². The number of rotatable bonds is 3. The standard InChI is InChI=1S/C22H24N2O2/c1-13-10-14(2)21(20(11-13)26-3)19-9-6-15-5-8-18(23-22(15)24-19)16-4-7-17(25)12-16/h5-6,8-11,16-17,25H,4,7,12H2,1-3H3. The van der Waals surface area contributed by atoms with Gasteiger partial charge in [-0.25, -0.2) is 9.97 Å². The first-order valence-corrected chi connectivity index (χ1v) is 9.16. The van der Waals surface area contributed by atoms with Crippen LogP contribution in [-0.2, 0) is 0 Å². The van der Waals surface area contributed by atoms with Crippen LogP contribution < -0.4 is 4.74 Å². The van der Waals surface area contributed by atoms with E-state index in [1.165, 1.54) is 5.56 Å². The molecular formula is C22H24N2O2.